The minimum absolute atomic E-state index is 0.0954. The molecule has 5 heteroatoms. The normalized spacial score (nSPS) is 10.1. The van der Waals surface area contributed by atoms with Gasteiger partial charge in [0, 0.05) is 26.3 Å². The molecule has 1 aromatic heterocycles. The van der Waals surface area contributed by atoms with Crippen LogP contribution < -0.4 is 5.32 Å². The van der Waals surface area contributed by atoms with Gasteiger partial charge in [-0.2, -0.15) is 0 Å². The van der Waals surface area contributed by atoms with E-state index >= 15 is 0 Å². The van der Waals surface area contributed by atoms with E-state index in [1.54, 1.807) is 24.1 Å². The lowest BCUT2D eigenvalue weighted by Gasteiger charge is -2.16. The summed E-state index contributed by atoms with van der Waals surface area (Å²) < 4.78 is 0. The van der Waals surface area contributed by atoms with Crippen molar-refractivity contribution in [3.8, 4) is 0 Å². The molecule has 1 heterocycles. The number of pyridine rings is 1. The van der Waals surface area contributed by atoms with E-state index in [9.17, 15) is 4.79 Å². The molecule has 0 spiro atoms. The fourth-order valence-corrected chi connectivity index (χ4v) is 1.19. The van der Waals surface area contributed by atoms with Crippen LogP contribution in [0.15, 0.2) is 18.3 Å². The molecule has 0 bridgehead atoms. The molecule has 0 aliphatic carbocycles. The van der Waals surface area contributed by atoms with Crippen LogP contribution in [-0.2, 0) is 0 Å². The van der Waals surface area contributed by atoms with E-state index in [1.807, 2.05) is 7.05 Å². The van der Waals surface area contributed by atoms with Gasteiger partial charge in [-0.25, -0.2) is 4.98 Å². The smallest absolute Gasteiger partial charge is 0.272 e. The number of carbonyl (C=O) groups is 1. The first-order valence-electron chi connectivity index (χ1n) is 4.66. The number of carbonyl (C=O) groups excluding carboxylic acids is 1. The fraction of sp³-hybridized carbons (Fsp3) is 0.400. The third-order valence-corrected chi connectivity index (χ3v) is 2.21. The summed E-state index contributed by atoms with van der Waals surface area (Å²) in [5.74, 6) is -0.0954. The molecule has 0 aromatic carbocycles. The van der Waals surface area contributed by atoms with Crippen LogP contribution in [-0.4, -0.2) is 43.0 Å². The molecule has 0 saturated carbocycles. The zero-order valence-corrected chi connectivity index (χ0v) is 9.58. The maximum atomic E-state index is 11.8. The Balaban J connectivity index is 2.63. The topological polar surface area (TPSA) is 45.2 Å². The minimum Gasteiger partial charge on any atom is -0.339 e. The van der Waals surface area contributed by atoms with Gasteiger partial charge in [0.1, 0.15) is 5.69 Å². The lowest BCUT2D eigenvalue weighted by Crippen LogP contribution is -2.33. The summed E-state index contributed by atoms with van der Waals surface area (Å²) in [6.07, 6.45) is 1.47. The van der Waals surface area contributed by atoms with E-state index in [-0.39, 0.29) is 5.91 Å². The second-order valence-corrected chi connectivity index (χ2v) is 3.63. The summed E-state index contributed by atoms with van der Waals surface area (Å²) in [5.41, 5.74) is 0.415. The van der Waals surface area contributed by atoms with E-state index in [1.165, 1.54) is 6.20 Å². The third kappa shape index (κ3) is 3.49. The number of hydrogen-bond acceptors (Lipinski definition) is 3. The number of halogens is 1. The van der Waals surface area contributed by atoms with Gasteiger partial charge in [0.15, 0.2) is 0 Å². The van der Waals surface area contributed by atoms with Crippen LogP contribution >= 0.6 is 11.6 Å². The van der Waals surface area contributed by atoms with Gasteiger partial charge in [-0.05, 0) is 19.2 Å². The maximum Gasteiger partial charge on any atom is 0.272 e. The largest absolute Gasteiger partial charge is 0.339 e. The van der Waals surface area contributed by atoms with Crippen LogP contribution in [0.3, 0.4) is 0 Å². The molecule has 0 fully saturated rings. The summed E-state index contributed by atoms with van der Waals surface area (Å²) >= 11 is 5.68. The number of likely N-dealkylation sites (N-methyl/N-ethyl adjacent to an activating group) is 2. The Morgan fingerprint density at radius 2 is 2.33 bits per heavy atom. The van der Waals surface area contributed by atoms with E-state index in [4.69, 9.17) is 11.6 Å². The first-order chi connectivity index (χ1) is 7.15. The highest BCUT2D eigenvalue weighted by atomic mass is 35.5. The molecule has 0 aliphatic heterocycles. The van der Waals surface area contributed by atoms with Gasteiger partial charge in [-0.3, -0.25) is 4.79 Å². The highest BCUT2D eigenvalue weighted by molar-refractivity contribution is 6.30. The highest BCUT2D eigenvalue weighted by Crippen LogP contribution is 2.07. The van der Waals surface area contributed by atoms with E-state index in [0.29, 0.717) is 17.3 Å². The Morgan fingerprint density at radius 1 is 1.60 bits per heavy atom. The van der Waals surface area contributed by atoms with Crippen LogP contribution in [0.4, 0.5) is 0 Å². The molecule has 4 nitrogen and oxygen atoms in total. The van der Waals surface area contributed by atoms with Crippen molar-refractivity contribution in [3.05, 3.63) is 29.0 Å². The van der Waals surface area contributed by atoms with Gasteiger partial charge in [0.05, 0.1) is 5.02 Å². The molecular formula is C10H14ClN3O. The molecule has 15 heavy (non-hydrogen) atoms. The average molecular weight is 228 g/mol. The Hall–Kier alpha value is -1.13. The number of amides is 1. The predicted octanol–water partition coefficient (Wildman–Crippen LogP) is 1.03. The van der Waals surface area contributed by atoms with Crippen molar-refractivity contribution in [2.24, 2.45) is 0 Å². The fourth-order valence-electron chi connectivity index (χ4n) is 1.08. The second-order valence-electron chi connectivity index (χ2n) is 3.19. The van der Waals surface area contributed by atoms with Crippen LogP contribution in [0.2, 0.25) is 5.02 Å². The monoisotopic (exact) mass is 227 g/mol. The van der Waals surface area contributed by atoms with Crippen LogP contribution in [0.1, 0.15) is 10.5 Å². The molecule has 0 atom stereocenters. The summed E-state index contributed by atoms with van der Waals surface area (Å²) in [4.78, 5) is 17.3. The first-order valence-corrected chi connectivity index (χ1v) is 5.04. The summed E-state index contributed by atoms with van der Waals surface area (Å²) in [7, 11) is 3.59. The molecule has 82 valence electrons. The summed E-state index contributed by atoms with van der Waals surface area (Å²) in [5, 5.41) is 3.51. The van der Waals surface area contributed by atoms with Gasteiger partial charge in [0.2, 0.25) is 0 Å². The van der Waals surface area contributed by atoms with Crippen molar-refractivity contribution in [2.45, 2.75) is 0 Å². The maximum absolute atomic E-state index is 11.8. The number of nitrogens with one attached hydrogen (secondary N) is 1. The zero-order chi connectivity index (χ0) is 11.3. The Kier molecular flexibility index (Phi) is 4.52. The summed E-state index contributed by atoms with van der Waals surface area (Å²) in [6, 6.07) is 3.29. The molecule has 1 rings (SSSR count). The molecule has 0 unspecified atom stereocenters. The van der Waals surface area contributed by atoms with Crippen LogP contribution in [0.5, 0.6) is 0 Å². The van der Waals surface area contributed by atoms with Crippen molar-refractivity contribution in [1.82, 2.24) is 15.2 Å². The van der Waals surface area contributed by atoms with Gasteiger partial charge < -0.3 is 10.2 Å². The Bertz CT molecular complexity index is 326. The lowest BCUT2D eigenvalue weighted by atomic mass is 10.3. The van der Waals surface area contributed by atoms with E-state index in [2.05, 4.69) is 10.3 Å². The SMILES string of the molecule is CNCCN(C)C(=O)c1ccc(Cl)cn1. The highest BCUT2D eigenvalue weighted by Gasteiger charge is 2.11. The molecular weight excluding hydrogens is 214 g/mol. The van der Waals surface area contributed by atoms with Crippen molar-refractivity contribution in [1.29, 1.82) is 0 Å². The molecule has 1 N–H and O–H groups in total. The van der Waals surface area contributed by atoms with Crippen molar-refractivity contribution >= 4 is 17.5 Å². The van der Waals surface area contributed by atoms with Gasteiger partial charge in [0.25, 0.3) is 5.91 Å². The lowest BCUT2D eigenvalue weighted by molar-refractivity contribution is 0.0791. The van der Waals surface area contributed by atoms with E-state index < -0.39 is 0 Å². The predicted molar refractivity (Wildman–Crippen MR) is 60.1 cm³/mol. The van der Waals surface area contributed by atoms with Crippen molar-refractivity contribution in [2.75, 3.05) is 27.2 Å². The minimum atomic E-state index is -0.0954. The Labute approximate surface area is 94.3 Å². The Morgan fingerprint density at radius 3 is 2.87 bits per heavy atom. The van der Waals surface area contributed by atoms with Gasteiger partial charge >= 0.3 is 0 Å². The zero-order valence-electron chi connectivity index (χ0n) is 8.83. The third-order valence-electron chi connectivity index (χ3n) is 1.99. The van der Waals surface area contributed by atoms with Crippen LogP contribution in [0.25, 0.3) is 0 Å². The quantitative estimate of drug-likeness (QED) is 0.836. The number of rotatable bonds is 4. The molecule has 0 aliphatic rings. The molecule has 1 amide bonds. The van der Waals surface area contributed by atoms with E-state index in [0.717, 1.165) is 6.54 Å². The summed E-state index contributed by atoms with van der Waals surface area (Å²) in [6.45, 7) is 1.41. The molecule has 0 saturated heterocycles. The van der Waals surface area contributed by atoms with Gasteiger partial charge in [-0.1, -0.05) is 11.6 Å². The van der Waals surface area contributed by atoms with Crippen molar-refractivity contribution < 1.29 is 4.79 Å². The number of nitrogens with zero attached hydrogens (tertiary/aromatic N) is 2. The average Bonchev–Trinajstić information content (AvgIpc) is 2.26. The number of aromatic nitrogens is 1. The second kappa shape index (κ2) is 5.68. The molecule has 0 radical (unpaired) electrons. The number of hydrogen-bond donors (Lipinski definition) is 1. The standard InChI is InChI=1S/C10H14ClN3O/c1-12-5-6-14(2)10(15)9-4-3-8(11)7-13-9/h3-4,7,12H,5-6H2,1-2H3. The van der Waals surface area contributed by atoms with Gasteiger partial charge in [-0.15, -0.1) is 0 Å². The van der Waals surface area contributed by atoms with Crippen LogP contribution in [0, 0.1) is 0 Å². The molecule has 1 aromatic rings. The first kappa shape index (κ1) is 11.9. The van der Waals surface area contributed by atoms with Crippen molar-refractivity contribution in [3.63, 3.8) is 0 Å².